The molecule has 0 N–H and O–H groups in total. The highest BCUT2D eigenvalue weighted by atomic mass is 15.1. The molecule has 0 aliphatic carbocycles. The predicted octanol–water partition coefficient (Wildman–Crippen LogP) is 4.82. The summed E-state index contributed by atoms with van der Waals surface area (Å²) >= 11 is 0. The van der Waals surface area contributed by atoms with E-state index in [4.69, 9.17) is 0 Å². The van der Waals surface area contributed by atoms with Crippen LogP contribution in [0, 0.1) is 17.8 Å². The molecular weight excluding hydrogens is 206 g/mol. The van der Waals surface area contributed by atoms with Crippen molar-refractivity contribution in [3.8, 4) is 0 Å². The Morgan fingerprint density at radius 3 is 2.00 bits per heavy atom. The van der Waals surface area contributed by atoms with Gasteiger partial charge in [-0.15, -0.1) is 0 Å². The highest BCUT2D eigenvalue weighted by Gasteiger charge is 2.10. The molecular formula is C16H35N. The van der Waals surface area contributed by atoms with Crippen molar-refractivity contribution in [1.29, 1.82) is 0 Å². The van der Waals surface area contributed by atoms with E-state index in [0.717, 1.165) is 17.8 Å². The van der Waals surface area contributed by atoms with Gasteiger partial charge in [0.15, 0.2) is 0 Å². The zero-order chi connectivity index (χ0) is 13.3. The number of nitrogens with zero attached hydrogens (tertiary/aromatic N) is 1. The van der Waals surface area contributed by atoms with E-state index < -0.39 is 0 Å². The zero-order valence-electron chi connectivity index (χ0n) is 13.1. The summed E-state index contributed by atoms with van der Waals surface area (Å²) in [6.07, 6.45) is 8.41. The van der Waals surface area contributed by atoms with Crippen molar-refractivity contribution in [1.82, 2.24) is 4.90 Å². The fourth-order valence-electron chi connectivity index (χ4n) is 2.48. The summed E-state index contributed by atoms with van der Waals surface area (Å²) < 4.78 is 0. The maximum absolute atomic E-state index is 2.43. The molecule has 0 aliphatic rings. The lowest BCUT2D eigenvalue weighted by Gasteiger charge is -2.21. The van der Waals surface area contributed by atoms with Gasteiger partial charge in [-0.1, -0.05) is 59.8 Å². The highest BCUT2D eigenvalue weighted by Crippen LogP contribution is 2.21. The molecule has 0 heterocycles. The SMILES string of the molecule is CCC(CCC(C)CCCC(C)C)CN(C)C. The third-order valence-electron chi connectivity index (χ3n) is 3.75. The van der Waals surface area contributed by atoms with Gasteiger partial charge in [0.25, 0.3) is 0 Å². The summed E-state index contributed by atoms with van der Waals surface area (Å²) in [6.45, 7) is 10.7. The van der Waals surface area contributed by atoms with Gasteiger partial charge in [-0.3, -0.25) is 0 Å². The maximum atomic E-state index is 2.43. The molecule has 2 atom stereocenters. The molecule has 0 radical (unpaired) electrons. The molecule has 17 heavy (non-hydrogen) atoms. The minimum absolute atomic E-state index is 0.874. The minimum atomic E-state index is 0.874. The number of hydrogen-bond acceptors (Lipinski definition) is 1. The molecule has 0 aliphatic heterocycles. The summed E-state index contributed by atoms with van der Waals surface area (Å²) in [6, 6.07) is 0. The van der Waals surface area contributed by atoms with Crippen molar-refractivity contribution >= 4 is 0 Å². The first kappa shape index (κ1) is 17.0. The molecule has 0 saturated heterocycles. The average Bonchev–Trinajstić information content (AvgIpc) is 2.23. The third kappa shape index (κ3) is 10.8. The molecule has 0 spiro atoms. The monoisotopic (exact) mass is 241 g/mol. The Kier molecular flexibility index (Phi) is 9.91. The molecule has 0 aromatic rings. The van der Waals surface area contributed by atoms with Crippen molar-refractivity contribution in [3.05, 3.63) is 0 Å². The molecule has 1 nitrogen and oxygen atoms in total. The molecule has 0 saturated carbocycles. The molecule has 0 fully saturated rings. The van der Waals surface area contributed by atoms with Crippen LogP contribution >= 0.6 is 0 Å². The first-order valence-electron chi connectivity index (χ1n) is 7.60. The van der Waals surface area contributed by atoms with E-state index in [0.29, 0.717) is 0 Å². The molecule has 1 heteroatoms. The van der Waals surface area contributed by atoms with Gasteiger partial charge in [0.2, 0.25) is 0 Å². The van der Waals surface area contributed by atoms with Crippen LogP contribution in [0.2, 0.25) is 0 Å². The Hall–Kier alpha value is -0.0400. The molecule has 0 aromatic carbocycles. The van der Waals surface area contributed by atoms with E-state index >= 15 is 0 Å². The Morgan fingerprint density at radius 2 is 1.53 bits per heavy atom. The Balaban J connectivity index is 3.62. The summed E-state index contributed by atoms with van der Waals surface area (Å²) in [7, 11) is 4.38. The van der Waals surface area contributed by atoms with Gasteiger partial charge in [-0.05, 0) is 38.3 Å². The van der Waals surface area contributed by atoms with Crippen molar-refractivity contribution in [2.24, 2.45) is 17.8 Å². The Labute approximate surface area is 110 Å². The van der Waals surface area contributed by atoms with Crippen molar-refractivity contribution in [2.45, 2.75) is 66.2 Å². The standard InChI is InChI=1S/C16H35N/c1-7-16(13-17(5)6)12-11-15(4)10-8-9-14(2)3/h14-16H,7-13H2,1-6H3. The van der Waals surface area contributed by atoms with E-state index in [1.807, 2.05) is 0 Å². The largest absolute Gasteiger partial charge is 0.309 e. The Bertz CT molecular complexity index is 163. The normalized spacial score (nSPS) is 15.5. The van der Waals surface area contributed by atoms with Crippen molar-refractivity contribution in [3.63, 3.8) is 0 Å². The second-order valence-electron chi connectivity index (χ2n) is 6.54. The van der Waals surface area contributed by atoms with Gasteiger partial charge in [0.05, 0.1) is 0 Å². The van der Waals surface area contributed by atoms with Crippen LogP contribution in [0.5, 0.6) is 0 Å². The molecule has 0 aromatic heterocycles. The van der Waals surface area contributed by atoms with Gasteiger partial charge in [0, 0.05) is 6.54 Å². The van der Waals surface area contributed by atoms with Crippen LogP contribution in [0.4, 0.5) is 0 Å². The van der Waals surface area contributed by atoms with Crippen LogP contribution in [-0.4, -0.2) is 25.5 Å². The van der Waals surface area contributed by atoms with E-state index in [1.165, 1.54) is 45.1 Å². The van der Waals surface area contributed by atoms with Crippen LogP contribution in [0.15, 0.2) is 0 Å². The van der Waals surface area contributed by atoms with Crippen LogP contribution in [-0.2, 0) is 0 Å². The number of rotatable bonds is 10. The maximum Gasteiger partial charge on any atom is 0.000346 e. The second kappa shape index (κ2) is 9.94. The van der Waals surface area contributed by atoms with Crippen LogP contribution in [0.25, 0.3) is 0 Å². The van der Waals surface area contributed by atoms with Gasteiger partial charge in [0.1, 0.15) is 0 Å². The zero-order valence-corrected chi connectivity index (χ0v) is 13.1. The van der Waals surface area contributed by atoms with Gasteiger partial charge in [-0.25, -0.2) is 0 Å². The first-order valence-corrected chi connectivity index (χ1v) is 7.60. The summed E-state index contributed by atoms with van der Waals surface area (Å²) in [5.41, 5.74) is 0. The highest BCUT2D eigenvalue weighted by molar-refractivity contribution is 4.64. The average molecular weight is 241 g/mol. The second-order valence-corrected chi connectivity index (χ2v) is 6.54. The van der Waals surface area contributed by atoms with E-state index in [9.17, 15) is 0 Å². The fourth-order valence-corrected chi connectivity index (χ4v) is 2.48. The molecule has 104 valence electrons. The van der Waals surface area contributed by atoms with Gasteiger partial charge >= 0.3 is 0 Å². The summed E-state index contributed by atoms with van der Waals surface area (Å²) in [5, 5.41) is 0. The third-order valence-corrected chi connectivity index (χ3v) is 3.75. The lowest BCUT2D eigenvalue weighted by atomic mass is 9.91. The summed E-state index contributed by atoms with van der Waals surface area (Å²) in [4.78, 5) is 2.33. The van der Waals surface area contributed by atoms with E-state index in [-0.39, 0.29) is 0 Å². The smallest absolute Gasteiger partial charge is 0.000346 e. The topological polar surface area (TPSA) is 3.24 Å². The van der Waals surface area contributed by atoms with Crippen molar-refractivity contribution in [2.75, 3.05) is 20.6 Å². The summed E-state index contributed by atoms with van der Waals surface area (Å²) in [5.74, 6) is 2.70. The predicted molar refractivity (Wildman–Crippen MR) is 79.4 cm³/mol. The van der Waals surface area contributed by atoms with Crippen LogP contribution in [0.3, 0.4) is 0 Å². The van der Waals surface area contributed by atoms with Crippen LogP contribution in [0.1, 0.15) is 66.2 Å². The molecule has 0 amide bonds. The lowest BCUT2D eigenvalue weighted by molar-refractivity contribution is 0.285. The fraction of sp³-hybridized carbons (Fsp3) is 1.00. The molecule has 0 rings (SSSR count). The van der Waals surface area contributed by atoms with E-state index in [1.54, 1.807) is 0 Å². The Morgan fingerprint density at radius 1 is 0.882 bits per heavy atom. The quantitative estimate of drug-likeness (QED) is 0.530. The van der Waals surface area contributed by atoms with Crippen LogP contribution < -0.4 is 0 Å². The van der Waals surface area contributed by atoms with Gasteiger partial charge < -0.3 is 4.90 Å². The lowest BCUT2D eigenvalue weighted by Crippen LogP contribution is -2.21. The van der Waals surface area contributed by atoms with Crippen molar-refractivity contribution < 1.29 is 0 Å². The van der Waals surface area contributed by atoms with E-state index in [2.05, 4.69) is 46.7 Å². The molecule has 0 bridgehead atoms. The first-order chi connectivity index (χ1) is 7.95. The van der Waals surface area contributed by atoms with Gasteiger partial charge in [-0.2, -0.15) is 0 Å². The minimum Gasteiger partial charge on any atom is -0.309 e. The number of hydrogen-bond donors (Lipinski definition) is 0. The molecule has 2 unspecified atom stereocenters.